The molecule has 0 aliphatic heterocycles. The maximum absolute atomic E-state index is 13.8. The first-order chi connectivity index (χ1) is 14.7. The van der Waals surface area contributed by atoms with Gasteiger partial charge in [-0.05, 0) is 59.1 Å². The van der Waals surface area contributed by atoms with Crippen LogP contribution in [0, 0.1) is 5.82 Å². The fourth-order valence-electron chi connectivity index (χ4n) is 3.51. The highest BCUT2D eigenvalue weighted by Crippen LogP contribution is 2.29. The summed E-state index contributed by atoms with van der Waals surface area (Å²) in [7, 11) is 0. The second-order valence-electron chi connectivity index (χ2n) is 7.20. The molecule has 0 aromatic heterocycles. The molecule has 0 amide bonds. The topological polar surface area (TPSA) is 21.3 Å². The molecule has 0 unspecified atom stereocenters. The fraction of sp³-hybridized carbons (Fsp3) is 0.154. The Morgan fingerprint density at radius 2 is 1.60 bits per heavy atom. The summed E-state index contributed by atoms with van der Waals surface area (Å²) >= 11 is 5.97. The molecule has 0 heterocycles. The SMILES string of the molecule is Fc1ccccc1CCNCc1c(OCc2ccc(Cl)cc2)ccc2ccccc12. The van der Waals surface area contributed by atoms with Crippen LogP contribution in [-0.4, -0.2) is 6.54 Å². The van der Waals surface area contributed by atoms with Crippen LogP contribution >= 0.6 is 11.6 Å². The van der Waals surface area contributed by atoms with E-state index in [-0.39, 0.29) is 5.82 Å². The first-order valence-electron chi connectivity index (χ1n) is 10.0. The van der Waals surface area contributed by atoms with Crippen LogP contribution in [0.2, 0.25) is 5.02 Å². The number of ether oxygens (including phenoxy) is 1. The quantitative estimate of drug-likeness (QED) is 0.327. The normalized spacial score (nSPS) is 11.0. The Kier molecular flexibility index (Phi) is 6.63. The summed E-state index contributed by atoms with van der Waals surface area (Å²) in [5.74, 6) is 0.693. The van der Waals surface area contributed by atoms with Crippen molar-refractivity contribution in [1.82, 2.24) is 5.32 Å². The van der Waals surface area contributed by atoms with Crippen LogP contribution in [0.15, 0.2) is 84.9 Å². The van der Waals surface area contributed by atoms with Crippen molar-refractivity contribution in [3.8, 4) is 5.75 Å². The Morgan fingerprint density at radius 3 is 2.43 bits per heavy atom. The van der Waals surface area contributed by atoms with E-state index in [9.17, 15) is 4.39 Å². The Morgan fingerprint density at radius 1 is 0.833 bits per heavy atom. The molecule has 0 saturated heterocycles. The number of nitrogens with one attached hydrogen (secondary N) is 1. The molecule has 0 radical (unpaired) electrons. The van der Waals surface area contributed by atoms with Crippen molar-refractivity contribution in [3.63, 3.8) is 0 Å². The van der Waals surface area contributed by atoms with E-state index in [4.69, 9.17) is 16.3 Å². The van der Waals surface area contributed by atoms with Gasteiger partial charge in [-0.3, -0.25) is 0 Å². The highest BCUT2D eigenvalue weighted by Gasteiger charge is 2.10. The molecule has 0 bridgehead atoms. The van der Waals surface area contributed by atoms with Gasteiger partial charge in [0.15, 0.2) is 0 Å². The van der Waals surface area contributed by atoms with E-state index < -0.39 is 0 Å². The summed E-state index contributed by atoms with van der Waals surface area (Å²) in [4.78, 5) is 0. The van der Waals surface area contributed by atoms with Gasteiger partial charge < -0.3 is 10.1 Å². The number of hydrogen-bond acceptors (Lipinski definition) is 2. The predicted molar refractivity (Wildman–Crippen MR) is 122 cm³/mol. The molecular weight excluding hydrogens is 397 g/mol. The Bertz CT molecular complexity index is 1130. The minimum absolute atomic E-state index is 0.156. The van der Waals surface area contributed by atoms with Crippen molar-refractivity contribution in [2.75, 3.05) is 6.54 Å². The van der Waals surface area contributed by atoms with Crippen LogP contribution in [0.1, 0.15) is 16.7 Å². The van der Waals surface area contributed by atoms with Crippen LogP contribution in [-0.2, 0) is 19.6 Å². The molecule has 2 nitrogen and oxygen atoms in total. The molecule has 4 aromatic rings. The van der Waals surface area contributed by atoms with Crippen LogP contribution in [0.5, 0.6) is 5.75 Å². The molecule has 4 rings (SSSR count). The van der Waals surface area contributed by atoms with Crippen molar-refractivity contribution < 1.29 is 9.13 Å². The third kappa shape index (κ3) is 4.99. The second-order valence-corrected chi connectivity index (χ2v) is 7.63. The largest absolute Gasteiger partial charge is 0.489 e. The van der Waals surface area contributed by atoms with Gasteiger partial charge in [0, 0.05) is 17.1 Å². The molecule has 152 valence electrons. The van der Waals surface area contributed by atoms with Gasteiger partial charge in [0.05, 0.1) is 0 Å². The monoisotopic (exact) mass is 419 g/mol. The van der Waals surface area contributed by atoms with Crippen molar-refractivity contribution >= 4 is 22.4 Å². The van der Waals surface area contributed by atoms with Crippen molar-refractivity contribution in [2.24, 2.45) is 0 Å². The van der Waals surface area contributed by atoms with Crippen LogP contribution in [0.4, 0.5) is 4.39 Å². The van der Waals surface area contributed by atoms with E-state index in [2.05, 4.69) is 23.5 Å². The summed E-state index contributed by atoms with van der Waals surface area (Å²) in [5.41, 5.74) is 2.89. The lowest BCUT2D eigenvalue weighted by Crippen LogP contribution is -2.18. The van der Waals surface area contributed by atoms with Gasteiger partial charge in [0.1, 0.15) is 18.2 Å². The molecule has 0 saturated carbocycles. The van der Waals surface area contributed by atoms with E-state index in [1.54, 1.807) is 6.07 Å². The van der Waals surface area contributed by atoms with E-state index in [1.807, 2.05) is 54.6 Å². The summed E-state index contributed by atoms with van der Waals surface area (Å²) in [6, 6.07) is 27.0. The first-order valence-corrected chi connectivity index (χ1v) is 10.4. The van der Waals surface area contributed by atoms with Crippen molar-refractivity contribution in [1.29, 1.82) is 0 Å². The van der Waals surface area contributed by atoms with E-state index in [0.717, 1.165) is 27.8 Å². The van der Waals surface area contributed by atoms with Gasteiger partial charge >= 0.3 is 0 Å². The maximum Gasteiger partial charge on any atom is 0.126 e. The minimum Gasteiger partial charge on any atom is -0.489 e. The zero-order valence-electron chi connectivity index (χ0n) is 16.6. The minimum atomic E-state index is -0.156. The zero-order valence-corrected chi connectivity index (χ0v) is 17.3. The summed E-state index contributed by atoms with van der Waals surface area (Å²) in [6.07, 6.45) is 0.637. The number of halogens is 2. The third-order valence-electron chi connectivity index (χ3n) is 5.14. The lowest BCUT2D eigenvalue weighted by molar-refractivity contribution is 0.303. The lowest BCUT2D eigenvalue weighted by Gasteiger charge is -2.15. The van der Waals surface area contributed by atoms with Gasteiger partial charge in [-0.1, -0.05) is 72.3 Å². The average molecular weight is 420 g/mol. The summed E-state index contributed by atoms with van der Waals surface area (Å²) in [6.45, 7) is 1.80. The molecule has 0 aliphatic carbocycles. The molecular formula is C26H23ClFNO. The van der Waals surface area contributed by atoms with Gasteiger partial charge in [0.25, 0.3) is 0 Å². The summed E-state index contributed by atoms with van der Waals surface area (Å²) in [5, 5.41) is 6.49. The predicted octanol–water partition coefficient (Wildman–Crippen LogP) is 6.54. The van der Waals surface area contributed by atoms with E-state index >= 15 is 0 Å². The van der Waals surface area contributed by atoms with Gasteiger partial charge in [-0.15, -0.1) is 0 Å². The summed E-state index contributed by atoms with van der Waals surface area (Å²) < 4.78 is 20.0. The Hall–Kier alpha value is -2.88. The number of rotatable bonds is 8. The van der Waals surface area contributed by atoms with E-state index in [1.165, 1.54) is 11.5 Å². The van der Waals surface area contributed by atoms with Crippen LogP contribution < -0.4 is 10.1 Å². The van der Waals surface area contributed by atoms with Gasteiger partial charge in [0.2, 0.25) is 0 Å². The second kappa shape index (κ2) is 9.75. The molecule has 0 atom stereocenters. The Labute approximate surface area is 181 Å². The highest BCUT2D eigenvalue weighted by molar-refractivity contribution is 6.30. The fourth-order valence-corrected chi connectivity index (χ4v) is 3.64. The molecule has 0 spiro atoms. The number of benzene rings is 4. The zero-order chi connectivity index (χ0) is 20.8. The van der Waals surface area contributed by atoms with Crippen molar-refractivity contribution in [3.05, 3.63) is 112 Å². The van der Waals surface area contributed by atoms with E-state index in [0.29, 0.717) is 31.1 Å². The molecule has 4 heteroatoms. The third-order valence-corrected chi connectivity index (χ3v) is 5.39. The molecule has 30 heavy (non-hydrogen) atoms. The van der Waals surface area contributed by atoms with Gasteiger partial charge in [-0.2, -0.15) is 0 Å². The van der Waals surface area contributed by atoms with Gasteiger partial charge in [-0.25, -0.2) is 4.39 Å². The Balaban J connectivity index is 1.48. The smallest absolute Gasteiger partial charge is 0.126 e. The highest BCUT2D eigenvalue weighted by atomic mass is 35.5. The molecule has 0 aliphatic rings. The van der Waals surface area contributed by atoms with Crippen molar-refractivity contribution in [2.45, 2.75) is 19.6 Å². The molecule has 0 fully saturated rings. The van der Waals surface area contributed by atoms with Crippen LogP contribution in [0.3, 0.4) is 0 Å². The number of fused-ring (bicyclic) bond motifs is 1. The molecule has 4 aromatic carbocycles. The number of hydrogen-bond donors (Lipinski definition) is 1. The average Bonchev–Trinajstić information content (AvgIpc) is 2.78. The standard InChI is InChI=1S/C26H23ClFNO/c27-22-12-9-19(10-13-22)18-30-26-14-11-20-5-1-3-7-23(20)24(26)17-29-16-15-21-6-2-4-8-25(21)28/h1-14,29H,15-18H2. The molecule has 1 N–H and O–H groups in total. The first kappa shape index (κ1) is 20.4. The lowest BCUT2D eigenvalue weighted by atomic mass is 10.0. The maximum atomic E-state index is 13.8. The van der Waals surface area contributed by atoms with Crippen LogP contribution in [0.25, 0.3) is 10.8 Å².